The molecule has 0 atom stereocenters. The lowest BCUT2D eigenvalue weighted by molar-refractivity contribution is 0.593. The lowest BCUT2D eigenvalue weighted by Gasteiger charge is -2.11. The largest absolute Gasteiger partial charge is 0.314 e. The molecule has 1 fully saturated rings. The Bertz CT molecular complexity index is 542. The highest BCUT2D eigenvalue weighted by atomic mass is 79.9. The predicted octanol–water partition coefficient (Wildman–Crippen LogP) is 2.64. The first-order chi connectivity index (χ1) is 8.96. The molecule has 19 heavy (non-hydrogen) atoms. The van der Waals surface area contributed by atoms with E-state index in [0.29, 0.717) is 18.2 Å². The third-order valence-corrected chi connectivity index (χ3v) is 4.90. The summed E-state index contributed by atoms with van der Waals surface area (Å²) < 4.78 is 27.5. The van der Waals surface area contributed by atoms with Crippen molar-refractivity contribution in [1.29, 1.82) is 0 Å². The van der Waals surface area contributed by atoms with Crippen LogP contribution in [0.5, 0.6) is 0 Å². The van der Waals surface area contributed by atoms with E-state index in [4.69, 9.17) is 0 Å². The number of halogens is 1. The minimum Gasteiger partial charge on any atom is -0.314 e. The van der Waals surface area contributed by atoms with Crippen LogP contribution in [-0.2, 0) is 10.0 Å². The van der Waals surface area contributed by atoms with Gasteiger partial charge in [-0.25, -0.2) is 8.42 Å². The summed E-state index contributed by atoms with van der Waals surface area (Å²) in [5.41, 5.74) is 1.56. The molecular weight excluding hydrogens is 328 g/mol. The van der Waals surface area contributed by atoms with E-state index in [-0.39, 0.29) is 5.75 Å². The van der Waals surface area contributed by atoms with Crippen LogP contribution in [0.3, 0.4) is 0 Å². The lowest BCUT2D eigenvalue weighted by Crippen LogP contribution is -2.23. The highest BCUT2D eigenvalue weighted by Crippen LogP contribution is 2.21. The van der Waals surface area contributed by atoms with E-state index in [9.17, 15) is 8.42 Å². The molecule has 1 aromatic rings. The van der Waals surface area contributed by atoms with E-state index in [1.807, 2.05) is 19.1 Å². The Balaban J connectivity index is 1.84. The number of hydrogen-bond acceptors (Lipinski definition) is 3. The average Bonchev–Trinajstić information content (AvgIpc) is 3.12. The zero-order chi connectivity index (χ0) is 13.9. The van der Waals surface area contributed by atoms with Gasteiger partial charge in [0.2, 0.25) is 10.0 Å². The van der Waals surface area contributed by atoms with Gasteiger partial charge in [-0.1, -0.05) is 15.9 Å². The van der Waals surface area contributed by atoms with Crippen LogP contribution in [0.2, 0.25) is 0 Å². The zero-order valence-electron chi connectivity index (χ0n) is 10.9. The standard InChI is InChI=1S/C13H19BrN2O2S/c1-10-9-11(14)3-6-13(10)16-19(17,18)8-2-7-15-12-4-5-12/h3,6,9,12,15-16H,2,4-5,7-8H2,1H3. The van der Waals surface area contributed by atoms with Gasteiger partial charge in [-0.15, -0.1) is 0 Å². The van der Waals surface area contributed by atoms with Gasteiger partial charge in [-0.3, -0.25) is 4.72 Å². The summed E-state index contributed by atoms with van der Waals surface area (Å²) in [6.07, 6.45) is 3.09. The summed E-state index contributed by atoms with van der Waals surface area (Å²) in [7, 11) is -3.25. The maximum absolute atomic E-state index is 11.9. The van der Waals surface area contributed by atoms with Gasteiger partial charge in [-0.2, -0.15) is 0 Å². The Labute approximate surface area is 123 Å². The summed E-state index contributed by atoms with van der Waals surface area (Å²) in [6, 6.07) is 6.13. The summed E-state index contributed by atoms with van der Waals surface area (Å²) >= 11 is 3.36. The van der Waals surface area contributed by atoms with Crippen molar-refractivity contribution in [2.75, 3.05) is 17.0 Å². The van der Waals surface area contributed by atoms with E-state index in [1.54, 1.807) is 6.07 Å². The van der Waals surface area contributed by atoms with E-state index < -0.39 is 10.0 Å². The fourth-order valence-corrected chi connectivity index (χ4v) is 3.48. The quantitative estimate of drug-likeness (QED) is 0.746. The molecule has 0 radical (unpaired) electrons. The second-order valence-electron chi connectivity index (χ2n) is 4.96. The van der Waals surface area contributed by atoms with Crippen molar-refractivity contribution in [3.8, 4) is 0 Å². The molecule has 0 saturated heterocycles. The first-order valence-electron chi connectivity index (χ1n) is 6.46. The van der Waals surface area contributed by atoms with E-state index in [1.165, 1.54) is 12.8 Å². The number of hydrogen-bond donors (Lipinski definition) is 2. The minimum atomic E-state index is -3.25. The molecular formula is C13H19BrN2O2S. The van der Waals surface area contributed by atoms with Crippen molar-refractivity contribution < 1.29 is 8.42 Å². The fourth-order valence-electron chi connectivity index (χ4n) is 1.82. The SMILES string of the molecule is Cc1cc(Br)ccc1NS(=O)(=O)CCCNC1CC1. The molecule has 1 aliphatic carbocycles. The van der Waals surface area contributed by atoms with Gasteiger partial charge in [-0.05, 0) is 56.5 Å². The van der Waals surface area contributed by atoms with Crippen molar-refractivity contribution in [3.63, 3.8) is 0 Å². The Hall–Kier alpha value is -0.590. The van der Waals surface area contributed by atoms with Crippen molar-refractivity contribution in [2.24, 2.45) is 0 Å². The molecule has 0 amide bonds. The highest BCUT2D eigenvalue weighted by molar-refractivity contribution is 9.10. The normalized spacial score (nSPS) is 15.5. The molecule has 1 saturated carbocycles. The Morgan fingerprint density at radius 2 is 2.11 bits per heavy atom. The van der Waals surface area contributed by atoms with Gasteiger partial charge in [0.1, 0.15) is 0 Å². The highest BCUT2D eigenvalue weighted by Gasteiger charge is 2.20. The van der Waals surface area contributed by atoms with Crippen molar-refractivity contribution in [3.05, 3.63) is 28.2 Å². The average molecular weight is 347 g/mol. The van der Waals surface area contributed by atoms with Crippen LogP contribution in [0.15, 0.2) is 22.7 Å². The maximum Gasteiger partial charge on any atom is 0.232 e. The number of nitrogens with one attached hydrogen (secondary N) is 2. The topological polar surface area (TPSA) is 58.2 Å². The monoisotopic (exact) mass is 346 g/mol. The first-order valence-corrected chi connectivity index (χ1v) is 8.91. The number of rotatable bonds is 7. The molecule has 1 aliphatic rings. The van der Waals surface area contributed by atoms with Gasteiger partial charge in [0.05, 0.1) is 11.4 Å². The van der Waals surface area contributed by atoms with E-state index in [2.05, 4.69) is 26.0 Å². The zero-order valence-corrected chi connectivity index (χ0v) is 13.4. The minimum absolute atomic E-state index is 0.155. The number of anilines is 1. The smallest absolute Gasteiger partial charge is 0.232 e. The molecule has 2 rings (SSSR count). The van der Waals surface area contributed by atoms with Crippen LogP contribution in [0.4, 0.5) is 5.69 Å². The molecule has 2 N–H and O–H groups in total. The van der Waals surface area contributed by atoms with Gasteiger partial charge in [0.25, 0.3) is 0 Å². The second kappa shape index (κ2) is 6.24. The van der Waals surface area contributed by atoms with Gasteiger partial charge < -0.3 is 5.32 Å². The van der Waals surface area contributed by atoms with Crippen LogP contribution in [0.1, 0.15) is 24.8 Å². The fraction of sp³-hybridized carbons (Fsp3) is 0.538. The van der Waals surface area contributed by atoms with Crippen LogP contribution < -0.4 is 10.0 Å². The van der Waals surface area contributed by atoms with Crippen LogP contribution in [-0.4, -0.2) is 26.8 Å². The van der Waals surface area contributed by atoms with Gasteiger partial charge in [0, 0.05) is 10.5 Å². The third kappa shape index (κ3) is 5.12. The molecule has 1 aromatic carbocycles. The Morgan fingerprint density at radius 1 is 1.37 bits per heavy atom. The summed E-state index contributed by atoms with van der Waals surface area (Å²) in [5, 5.41) is 3.31. The lowest BCUT2D eigenvalue weighted by atomic mass is 10.2. The number of sulfonamides is 1. The number of benzene rings is 1. The molecule has 6 heteroatoms. The predicted molar refractivity (Wildman–Crippen MR) is 81.9 cm³/mol. The van der Waals surface area contributed by atoms with Crippen molar-refractivity contribution in [2.45, 2.75) is 32.2 Å². The van der Waals surface area contributed by atoms with Gasteiger partial charge in [0.15, 0.2) is 0 Å². The van der Waals surface area contributed by atoms with Crippen molar-refractivity contribution >= 4 is 31.6 Å². The number of aryl methyl sites for hydroxylation is 1. The summed E-state index contributed by atoms with van der Waals surface area (Å²) in [5.74, 6) is 0.155. The molecule has 0 heterocycles. The Morgan fingerprint density at radius 3 is 2.74 bits per heavy atom. The molecule has 0 spiro atoms. The molecule has 0 unspecified atom stereocenters. The maximum atomic E-state index is 11.9. The third-order valence-electron chi connectivity index (χ3n) is 3.05. The molecule has 0 aromatic heterocycles. The van der Waals surface area contributed by atoms with Crippen LogP contribution in [0, 0.1) is 6.92 Å². The first kappa shape index (κ1) is 14.8. The summed E-state index contributed by atoms with van der Waals surface area (Å²) in [4.78, 5) is 0. The molecule has 4 nitrogen and oxygen atoms in total. The van der Waals surface area contributed by atoms with Crippen molar-refractivity contribution in [1.82, 2.24) is 5.32 Å². The second-order valence-corrected chi connectivity index (χ2v) is 7.72. The van der Waals surface area contributed by atoms with Crippen LogP contribution >= 0.6 is 15.9 Å². The van der Waals surface area contributed by atoms with Gasteiger partial charge >= 0.3 is 0 Å². The van der Waals surface area contributed by atoms with E-state index >= 15 is 0 Å². The molecule has 106 valence electrons. The molecule has 0 bridgehead atoms. The van der Waals surface area contributed by atoms with Crippen LogP contribution in [0.25, 0.3) is 0 Å². The Kier molecular flexibility index (Phi) is 4.86. The van der Waals surface area contributed by atoms with E-state index in [0.717, 1.165) is 16.6 Å². The summed E-state index contributed by atoms with van der Waals surface area (Å²) in [6.45, 7) is 2.65. The molecule has 0 aliphatic heterocycles.